The van der Waals surface area contributed by atoms with Crippen LogP contribution in [0.25, 0.3) is 11.3 Å². The zero-order valence-corrected chi connectivity index (χ0v) is 13.3. The number of carbonyl (C=O) groups is 1. The zero-order chi connectivity index (χ0) is 16.8. The van der Waals surface area contributed by atoms with Crippen molar-refractivity contribution in [3.05, 3.63) is 71.9 Å². The number of esters is 1. The lowest BCUT2D eigenvalue weighted by molar-refractivity contribution is -0.144. The van der Waals surface area contributed by atoms with E-state index < -0.39 is 0 Å². The molecular weight excluding hydrogens is 306 g/mol. The van der Waals surface area contributed by atoms with Crippen LogP contribution in [0.3, 0.4) is 0 Å². The Labute approximate surface area is 139 Å². The van der Waals surface area contributed by atoms with Gasteiger partial charge in [-0.15, -0.1) is 0 Å². The molecule has 0 atom stereocenters. The predicted octanol–water partition coefficient (Wildman–Crippen LogP) is 3.64. The van der Waals surface area contributed by atoms with Gasteiger partial charge in [0.15, 0.2) is 5.76 Å². The summed E-state index contributed by atoms with van der Waals surface area (Å²) in [6, 6.07) is 18.7. The Hall–Kier alpha value is -3.08. The highest BCUT2D eigenvalue weighted by Crippen LogP contribution is 2.20. The number of ether oxygens (including phenoxy) is 2. The number of nitrogens with zero attached hydrogens (tertiary/aromatic N) is 1. The van der Waals surface area contributed by atoms with E-state index in [0.717, 1.165) is 16.9 Å². The molecular formula is C19H17NO4. The Morgan fingerprint density at radius 1 is 1.08 bits per heavy atom. The highest BCUT2D eigenvalue weighted by atomic mass is 16.5. The SMILES string of the molecule is COc1ccc(CC(=O)OCc2cc(-c3ccccc3)on2)cc1. The van der Waals surface area contributed by atoms with Gasteiger partial charge in [-0.05, 0) is 17.7 Å². The summed E-state index contributed by atoms with van der Waals surface area (Å²) < 4.78 is 15.6. The molecule has 0 N–H and O–H groups in total. The molecule has 3 rings (SSSR count). The molecule has 0 radical (unpaired) electrons. The molecule has 3 aromatic rings. The number of carbonyl (C=O) groups excluding carboxylic acids is 1. The number of aromatic nitrogens is 1. The van der Waals surface area contributed by atoms with Crippen LogP contribution in [0.1, 0.15) is 11.3 Å². The largest absolute Gasteiger partial charge is 0.497 e. The highest BCUT2D eigenvalue weighted by molar-refractivity contribution is 5.72. The maximum atomic E-state index is 11.9. The first-order valence-electron chi connectivity index (χ1n) is 7.54. The second-order valence-electron chi connectivity index (χ2n) is 5.23. The molecule has 1 aromatic heterocycles. The van der Waals surface area contributed by atoms with Gasteiger partial charge < -0.3 is 14.0 Å². The Kier molecular flexibility index (Phi) is 4.91. The fraction of sp³-hybridized carbons (Fsp3) is 0.158. The molecule has 5 nitrogen and oxygen atoms in total. The van der Waals surface area contributed by atoms with Crippen molar-refractivity contribution < 1.29 is 18.8 Å². The van der Waals surface area contributed by atoms with Crippen molar-refractivity contribution in [3.63, 3.8) is 0 Å². The molecule has 0 aliphatic carbocycles. The van der Waals surface area contributed by atoms with Crippen LogP contribution in [-0.4, -0.2) is 18.2 Å². The quantitative estimate of drug-likeness (QED) is 0.648. The molecule has 0 bridgehead atoms. The average Bonchev–Trinajstić information content (AvgIpc) is 3.10. The van der Waals surface area contributed by atoms with Gasteiger partial charge in [-0.25, -0.2) is 0 Å². The number of rotatable bonds is 6. The van der Waals surface area contributed by atoms with Gasteiger partial charge in [0.2, 0.25) is 0 Å². The van der Waals surface area contributed by atoms with Crippen LogP contribution < -0.4 is 4.74 Å². The van der Waals surface area contributed by atoms with E-state index in [-0.39, 0.29) is 19.0 Å². The molecule has 0 saturated carbocycles. The van der Waals surface area contributed by atoms with Crippen molar-refractivity contribution in [2.24, 2.45) is 0 Å². The predicted molar refractivity (Wildman–Crippen MR) is 88.4 cm³/mol. The van der Waals surface area contributed by atoms with Gasteiger partial charge in [-0.1, -0.05) is 47.6 Å². The van der Waals surface area contributed by atoms with Crippen molar-refractivity contribution in [3.8, 4) is 17.1 Å². The second-order valence-corrected chi connectivity index (χ2v) is 5.23. The maximum Gasteiger partial charge on any atom is 0.310 e. The van der Waals surface area contributed by atoms with E-state index >= 15 is 0 Å². The number of hydrogen-bond donors (Lipinski definition) is 0. The van der Waals surface area contributed by atoms with E-state index in [0.29, 0.717) is 11.5 Å². The van der Waals surface area contributed by atoms with Crippen LogP contribution in [0.5, 0.6) is 5.75 Å². The molecule has 0 amide bonds. The number of methoxy groups -OCH3 is 1. The van der Waals surface area contributed by atoms with Crippen LogP contribution in [0, 0.1) is 0 Å². The molecule has 5 heteroatoms. The summed E-state index contributed by atoms with van der Waals surface area (Å²) in [7, 11) is 1.60. The first kappa shape index (κ1) is 15.8. The molecule has 0 spiro atoms. The fourth-order valence-corrected chi connectivity index (χ4v) is 2.23. The topological polar surface area (TPSA) is 61.6 Å². The number of hydrogen-bond acceptors (Lipinski definition) is 5. The maximum absolute atomic E-state index is 11.9. The Morgan fingerprint density at radius 3 is 2.54 bits per heavy atom. The minimum atomic E-state index is -0.315. The van der Waals surface area contributed by atoms with Crippen molar-refractivity contribution in [1.29, 1.82) is 0 Å². The number of benzene rings is 2. The van der Waals surface area contributed by atoms with Gasteiger partial charge >= 0.3 is 5.97 Å². The summed E-state index contributed by atoms with van der Waals surface area (Å²) in [4.78, 5) is 11.9. The monoisotopic (exact) mass is 323 g/mol. The Bertz CT molecular complexity index is 794. The Morgan fingerprint density at radius 2 is 1.83 bits per heavy atom. The van der Waals surface area contributed by atoms with Crippen LogP contribution in [0.2, 0.25) is 0 Å². The van der Waals surface area contributed by atoms with Crippen LogP contribution in [-0.2, 0) is 22.6 Å². The van der Waals surface area contributed by atoms with Crippen LogP contribution >= 0.6 is 0 Å². The highest BCUT2D eigenvalue weighted by Gasteiger charge is 2.10. The molecule has 0 aliphatic rings. The van der Waals surface area contributed by atoms with E-state index in [1.165, 1.54) is 0 Å². The average molecular weight is 323 g/mol. The summed E-state index contributed by atoms with van der Waals surface area (Å²) in [5.41, 5.74) is 2.38. The molecule has 122 valence electrons. The van der Waals surface area contributed by atoms with Gasteiger partial charge in [0.1, 0.15) is 18.1 Å². The summed E-state index contributed by atoms with van der Waals surface area (Å²) in [6.07, 6.45) is 0.202. The molecule has 1 heterocycles. The summed E-state index contributed by atoms with van der Waals surface area (Å²) in [5, 5.41) is 3.93. The lowest BCUT2D eigenvalue weighted by Crippen LogP contribution is -2.08. The smallest absolute Gasteiger partial charge is 0.310 e. The molecule has 24 heavy (non-hydrogen) atoms. The minimum Gasteiger partial charge on any atom is -0.497 e. The minimum absolute atomic E-state index is 0.0886. The van der Waals surface area contributed by atoms with Gasteiger partial charge in [0, 0.05) is 11.6 Å². The molecule has 0 unspecified atom stereocenters. The lowest BCUT2D eigenvalue weighted by atomic mass is 10.1. The van der Waals surface area contributed by atoms with Crippen LogP contribution in [0.15, 0.2) is 65.2 Å². The van der Waals surface area contributed by atoms with E-state index in [2.05, 4.69) is 5.16 Å². The second kappa shape index (κ2) is 7.46. The third kappa shape index (κ3) is 4.01. The Balaban J connectivity index is 1.53. The van der Waals surface area contributed by atoms with E-state index in [9.17, 15) is 4.79 Å². The van der Waals surface area contributed by atoms with E-state index in [1.807, 2.05) is 54.6 Å². The lowest BCUT2D eigenvalue weighted by Gasteiger charge is -2.04. The third-order valence-corrected chi connectivity index (χ3v) is 3.51. The van der Waals surface area contributed by atoms with Crippen molar-refractivity contribution in [2.75, 3.05) is 7.11 Å². The first-order valence-corrected chi connectivity index (χ1v) is 7.54. The van der Waals surface area contributed by atoms with Gasteiger partial charge in [0.05, 0.1) is 13.5 Å². The van der Waals surface area contributed by atoms with Gasteiger partial charge in [-0.2, -0.15) is 0 Å². The standard InChI is InChI=1S/C19H17NO4/c1-22-17-9-7-14(8-10-17)11-19(21)23-13-16-12-18(24-20-16)15-5-3-2-4-6-15/h2-10,12H,11,13H2,1H3. The third-order valence-electron chi connectivity index (χ3n) is 3.51. The molecule has 2 aromatic carbocycles. The van der Waals surface area contributed by atoms with E-state index in [4.69, 9.17) is 14.0 Å². The summed E-state index contributed by atoms with van der Waals surface area (Å²) in [6.45, 7) is 0.0886. The van der Waals surface area contributed by atoms with Gasteiger partial charge in [-0.3, -0.25) is 4.79 Å². The van der Waals surface area contributed by atoms with Crippen molar-refractivity contribution in [2.45, 2.75) is 13.0 Å². The zero-order valence-electron chi connectivity index (χ0n) is 13.3. The van der Waals surface area contributed by atoms with Crippen molar-refractivity contribution >= 4 is 5.97 Å². The molecule has 0 saturated heterocycles. The van der Waals surface area contributed by atoms with Crippen LogP contribution in [0.4, 0.5) is 0 Å². The molecule has 0 aliphatic heterocycles. The fourth-order valence-electron chi connectivity index (χ4n) is 2.23. The van der Waals surface area contributed by atoms with Gasteiger partial charge in [0.25, 0.3) is 0 Å². The summed E-state index contributed by atoms with van der Waals surface area (Å²) in [5.74, 6) is 1.09. The first-order chi connectivity index (χ1) is 11.7. The normalized spacial score (nSPS) is 10.4. The molecule has 0 fully saturated rings. The summed E-state index contributed by atoms with van der Waals surface area (Å²) >= 11 is 0. The van der Waals surface area contributed by atoms with E-state index in [1.54, 1.807) is 13.2 Å². The van der Waals surface area contributed by atoms with Crippen molar-refractivity contribution in [1.82, 2.24) is 5.16 Å².